The van der Waals surface area contributed by atoms with Crippen LogP contribution in [-0.2, 0) is 0 Å². The van der Waals surface area contributed by atoms with Gasteiger partial charge in [-0.2, -0.15) is 0 Å². The molecule has 1 rings (SSSR count). The maximum atomic E-state index is 5.63. The van der Waals surface area contributed by atoms with Gasteiger partial charge in [0.15, 0.2) is 0 Å². The average molecular weight is 103 g/mol. The van der Waals surface area contributed by atoms with Crippen LogP contribution in [0.1, 0.15) is 13.3 Å². The summed E-state index contributed by atoms with van der Waals surface area (Å²) in [6.45, 7) is 2.06. The van der Waals surface area contributed by atoms with Gasteiger partial charge < -0.3 is 0 Å². The molecule has 0 heterocycles. The van der Waals surface area contributed by atoms with Crippen LogP contribution in [0.3, 0.4) is 0 Å². The molecule has 1 heteroatoms. The zero-order valence-corrected chi connectivity index (χ0v) is 4.50. The first kappa shape index (κ1) is 4.20. The monoisotopic (exact) mass is 102 g/mol. The highest BCUT2D eigenvalue weighted by molar-refractivity contribution is 6.23. The molecular weight excluding hydrogens is 95.5 g/mol. The lowest BCUT2D eigenvalue weighted by molar-refractivity contribution is 0.884. The predicted molar refractivity (Wildman–Crippen MR) is 28.0 cm³/mol. The van der Waals surface area contributed by atoms with E-state index in [9.17, 15) is 0 Å². The van der Waals surface area contributed by atoms with Crippen molar-refractivity contribution < 1.29 is 0 Å². The summed E-state index contributed by atoms with van der Waals surface area (Å²) < 4.78 is 0. The van der Waals surface area contributed by atoms with Gasteiger partial charge in [-0.15, -0.1) is 11.6 Å². The van der Waals surface area contributed by atoms with Gasteiger partial charge in [-0.25, -0.2) is 0 Å². The van der Waals surface area contributed by atoms with Crippen molar-refractivity contribution in [2.75, 3.05) is 0 Å². The number of halogens is 1. The van der Waals surface area contributed by atoms with Crippen LogP contribution in [0.25, 0.3) is 0 Å². The largest absolute Gasteiger partial charge is 0.118 e. The Hall–Kier alpha value is 0.0300. The molecule has 0 radical (unpaired) electrons. The van der Waals surface area contributed by atoms with E-state index in [4.69, 9.17) is 11.6 Å². The number of alkyl halides is 1. The molecule has 1 aliphatic rings. The SMILES string of the molecule is CC1=CC[C@@H]1Cl. The summed E-state index contributed by atoms with van der Waals surface area (Å²) in [4.78, 5) is 0. The minimum atomic E-state index is 0.366. The lowest BCUT2D eigenvalue weighted by Gasteiger charge is -2.15. The molecule has 0 aromatic carbocycles. The number of allylic oxidation sites excluding steroid dienone is 2. The molecule has 0 unspecified atom stereocenters. The van der Waals surface area contributed by atoms with Crippen LogP contribution in [0.15, 0.2) is 11.6 Å². The zero-order chi connectivity index (χ0) is 4.57. The number of hydrogen-bond donors (Lipinski definition) is 0. The Labute approximate surface area is 42.8 Å². The molecule has 0 spiro atoms. The third-order valence-corrected chi connectivity index (χ3v) is 1.66. The van der Waals surface area contributed by atoms with Gasteiger partial charge in [0.25, 0.3) is 0 Å². The van der Waals surface area contributed by atoms with Crippen molar-refractivity contribution in [2.45, 2.75) is 18.7 Å². The summed E-state index contributed by atoms with van der Waals surface area (Å²) in [5.74, 6) is 0. The van der Waals surface area contributed by atoms with Gasteiger partial charge in [-0.05, 0) is 13.3 Å². The third kappa shape index (κ3) is 0.454. The van der Waals surface area contributed by atoms with Gasteiger partial charge in [-0.3, -0.25) is 0 Å². The topological polar surface area (TPSA) is 0 Å². The Kier molecular flexibility index (Phi) is 0.886. The Bertz CT molecular complexity index is 83.9. The minimum absolute atomic E-state index is 0.366. The van der Waals surface area contributed by atoms with Crippen LogP contribution in [0.2, 0.25) is 0 Å². The van der Waals surface area contributed by atoms with Crippen molar-refractivity contribution >= 4 is 11.6 Å². The van der Waals surface area contributed by atoms with Gasteiger partial charge in [0.2, 0.25) is 0 Å². The molecule has 0 N–H and O–H groups in total. The molecule has 0 nitrogen and oxygen atoms in total. The molecule has 0 aromatic heterocycles. The van der Waals surface area contributed by atoms with Crippen LogP contribution in [-0.4, -0.2) is 5.38 Å². The van der Waals surface area contributed by atoms with Crippen molar-refractivity contribution in [3.05, 3.63) is 11.6 Å². The van der Waals surface area contributed by atoms with Crippen LogP contribution in [0.4, 0.5) is 0 Å². The van der Waals surface area contributed by atoms with E-state index in [2.05, 4.69) is 13.0 Å². The Morgan fingerprint density at radius 1 is 2.00 bits per heavy atom. The molecule has 0 aliphatic heterocycles. The smallest absolute Gasteiger partial charge is 0.0577 e. The fourth-order valence-electron chi connectivity index (χ4n) is 0.443. The third-order valence-electron chi connectivity index (χ3n) is 1.14. The molecule has 0 amide bonds. The normalized spacial score (nSPS) is 31.7. The molecule has 1 aliphatic carbocycles. The van der Waals surface area contributed by atoms with Gasteiger partial charge in [-0.1, -0.05) is 11.6 Å². The molecule has 0 saturated carbocycles. The summed E-state index contributed by atoms with van der Waals surface area (Å²) in [7, 11) is 0. The molecular formula is C5H7Cl. The summed E-state index contributed by atoms with van der Waals surface area (Å²) in [6.07, 6.45) is 3.23. The predicted octanol–water partition coefficient (Wildman–Crippen LogP) is 1.94. The second kappa shape index (κ2) is 1.27. The first-order valence-corrected chi connectivity index (χ1v) is 2.55. The van der Waals surface area contributed by atoms with Crippen LogP contribution in [0, 0.1) is 0 Å². The average Bonchev–Trinajstić information content (AvgIpc) is 1.61. The van der Waals surface area contributed by atoms with E-state index in [0.717, 1.165) is 6.42 Å². The van der Waals surface area contributed by atoms with Crippen LogP contribution >= 0.6 is 11.6 Å². The molecule has 0 bridgehead atoms. The van der Waals surface area contributed by atoms with Crippen molar-refractivity contribution in [1.29, 1.82) is 0 Å². The molecule has 6 heavy (non-hydrogen) atoms. The second-order valence-electron chi connectivity index (χ2n) is 1.65. The Morgan fingerprint density at radius 3 is 2.50 bits per heavy atom. The summed E-state index contributed by atoms with van der Waals surface area (Å²) in [5.41, 5.74) is 1.33. The summed E-state index contributed by atoms with van der Waals surface area (Å²) in [5, 5.41) is 0.366. The lowest BCUT2D eigenvalue weighted by Crippen LogP contribution is -2.07. The first-order chi connectivity index (χ1) is 2.80. The standard InChI is InChI=1S/C5H7Cl/c1-4-2-3-5(4)6/h2,5H,3H2,1H3/t5-/m0/s1. The number of rotatable bonds is 0. The van der Waals surface area contributed by atoms with E-state index in [1.165, 1.54) is 5.57 Å². The zero-order valence-electron chi connectivity index (χ0n) is 3.74. The van der Waals surface area contributed by atoms with Crippen molar-refractivity contribution in [3.8, 4) is 0 Å². The highest BCUT2D eigenvalue weighted by Crippen LogP contribution is 2.23. The van der Waals surface area contributed by atoms with E-state index in [0.29, 0.717) is 5.38 Å². The molecule has 0 aromatic rings. The number of hydrogen-bond acceptors (Lipinski definition) is 0. The van der Waals surface area contributed by atoms with E-state index >= 15 is 0 Å². The quantitative estimate of drug-likeness (QED) is 0.324. The first-order valence-electron chi connectivity index (χ1n) is 2.11. The minimum Gasteiger partial charge on any atom is -0.118 e. The van der Waals surface area contributed by atoms with Crippen molar-refractivity contribution in [1.82, 2.24) is 0 Å². The second-order valence-corrected chi connectivity index (χ2v) is 2.18. The Morgan fingerprint density at radius 2 is 2.50 bits per heavy atom. The Balaban J connectivity index is 2.51. The maximum Gasteiger partial charge on any atom is 0.0577 e. The van der Waals surface area contributed by atoms with E-state index in [-0.39, 0.29) is 0 Å². The lowest BCUT2D eigenvalue weighted by atomic mass is 10.0. The van der Waals surface area contributed by atoms with Gasteiger partial charge in [0, 0.05) is 0 Å². The highest BCUT2D eigenvalue weighted by Gasteiger charge is 2.11. The molecule has 34 valence electrons. The van der Waals surface area contributed by atoms with Crippen molar-refractivity contribution in [2.24, 2.45) is 0 Å². The van der Waals surface area contributed by atoms with E-state index in [1.807, 2.05) is 0 Å². The van der Waals surface area contributed by atoms with Crippen LogP contribution in [0.5, 0.6) is 0 Å². The van der Waals surface area contributed by atoms with Gasteiger partial charge in [0.05, 0.1) is 5.38 Å². The highest BCUT2D eigenvalue weighted by atomic mass is 35.5. The summed E-state index contributed by atoms with van der Waals surface area (Å²) in [6, 6.07) is 0. The fourth-order valence-corrected chi connectivity index (χ4v) is 0.621. The van der Waals surface area contributed by atoms with E-state index < -0.39 is 0 Å². The van der Waals surface area contributed by atoms with Gasteiger partial charge >= 0.3 is 0 Å². The summed E-state index contributed by atoms with van der Waals surface area (Å²) >= 11 is 5.63. The van der Waals surface area contributed by atoms with Crippen molar-refractivity contribution in [3.63, 3.8) is 0 Å². The molecule has 0 fully saturated rings. The van der Waals surface area contributed by atoms with Crippen LogP contribution < -0.4 is 0 Å². The van der Waals surface area contributed by atoms with E-state index in [1.54, 1.807) is 0 Å². The maximum absolute atomic E-state index is 5.63. The molecule has 1 atom stereocenters. The fraction of sp³-hybridized carbons (Fsp3) is 0.600. The van der Waals surface area contributed by atoms with Gasteiger partial charge in [0.1, 0.15) is 0 Å². The molecule has 0 saturated heterocycles.